The van der Waals surface area contributed by atoms with Crippen molar-refractivity contribution in [3.05, 3.63) is 48.3 Å². The van der Waals surface area contributed by atoms with E-state index in [-0.39, 0.29) is 5.54 Å². The van der Waals surface area contributed by atoms with Gasteiger partial charge in [0.15, 0.2) is 0 Å². The molecule has 0 unspecified atom stereocenters. The minimum atomic E-state index is -0.200. The van der Waals surface area contributed by atoms with Gasteiger partial charge in [0.25, 0.3) is 0 Å². The summed E-state index contributed by atoms with van der Waals surface area (Å²) in [7, 11) is 0. The summed E-state index contributed by atoms with van der Waals surface area (Å²) in [5, 5.41) is 0. The fourth-order valence-corrected chi connectivity index (χ4v) is 1.96. The molecule has 18 heavy (non-hydrogen) atoms. The molecule has 0 spiro atoms. The first kappa shape index (κ1) is 12.8. The Hall–Kier alpha value is -1.68. The van der Waals surface area contributed by atoms with Gasteiger partial charge in [-0.1, -0.05) is 0 Å². The van der Waals surface area contributed by atoms with Crippen LogP contribution in [-0.4, -0.2) is 20.1 Å². The van der Waals surface area contributed by atoms with Crippen molar-refractivity contribution in [3.63, 3.8) is 0 Å². The van der Waals surface area contributed by atoms with Crippen molar-refractivity contribution in [1.82, 2.24) is 14.5 Å². The van der Waals surface area contributed by atoms with E-state index in [1.165, 1.54) is 11.3 Å². The lowest BCUT2D eigenvalue weighted by molar-refractivity contribution is 0.493. The summed E-state index contributed by atoms with van der Waals surface area (Å²) in [5.41, 5.74) is 8.33. The van der Waals surface area contributed by atoms with Crippen LogP contribution in [0.5, 0.6) is 0 Å². The van der Waals surface area contributed by atoms with Gasteiger partial charge in [0.05, 0.1) is 6.33 Å². The molecule has 0 amide bonds. The molecule has 0 saturated carbocycles. The lowest BCUT2D eigenvalue weighted by Crippen LogP contribution is -2.35. The minimum Gasteiger partial charge on any atom is -0.334 e. The fraction of sp³-hybridized carbons (Fsp3) is 0.429. The van der Waals surface area contributed by atoms with Gasteiger partial charge in [0.2, 0.25) is 0 Å². The zero-order valence-electron chi connectivity index (χ0n) is 11.0. The van der Waals surface area contributed by atoms with E-state index in [0.717, 1.165) is 19.4 Å². The van der Waals surface area contributed by atoms with E-state index in [9.17, 15) is 0 Å². The van der Waals surface area contributed by atoms with E-state index in [2.05, 4.69) is 14.5 Å². The third-order valence-corrected chi connectivity index (χ3v) is 2.83. The molecule has 0 fully saturated rings. The van der Waals surface area contributed by atoms with Crippen molar-refractivity contribution < 1.29 is 0 Å². The fourth-order valence-electron chi connectivity index (χ4n) is 1.96. The first-order valence-corrected chi connectivity index (χ1v) is 6.21. The van der Waals surface area contributed by atoms with Crippen LogP contribution in [0.25, 0.3) is 0 Å². The molecule has 0 radical (unpaired) electrons. The molecule has 0 bridgehead atoms. The minimum absolute atomic E-state index is 0.200. The summed E-state index contributed by atoms with van der Waals surface area (Å²) in [6, 6.07) is 4.09. The summed E-state index contributed by atoms with van der Waals surface area (Å²) >= 11 is 0. The maximum atomic E-state index is 6.05. The number of hydrogen-bond donors (Lipinski definition) is 1. The number of imidazole rings is 1. The van der Waals surface area contributed by atoms with Crippen molar-refractivity contribution in [1.29, 1.82) is 0 Å². The SMILES string of the molecule is CC(C)(N)Cc1cncn1CCc1ccncc1. The van der Waals surface area contributed by atoms with Crippen LogP contribution >= 0.6 is 0 Å². The molecule has 2 N–H and O–H groups in total. The highest BCUT2D eigenvalue weighted by Gasteiger charge is 2.14. The maximum absolute atomic E-state index is 6.05. The molecule has 0 aliphatic rings. The van der Waals surface area contributed by atoms with Crippen LogP contribution in [0.3, 0.4) is 0 Å². The summed E-state index contributed by atoms with van der Waals surface area (Å²) in [5.74, 6) is 0. The average Bonchev–Trinajstić information content (AvgIpc) is 2.73. The maximum Gasteiger partial charge on any atom is 0.0948 e. The summed E-state index contributed by atoms with van der Waals surface area (Å²) in [6.07, 6.45) is 9.25. The van der Waals surface area contributed by atoms with Gasteiger partial charge in [-0.15, -0.1) is 0 Å². The molecule has 0 aliphatic carbocycles. The molecule has 2 heterocycles. The van der Waals surface area contributed by atoms with Gasteiger partial charge in [0, 0.05) is 42.8 Å². The van der Waals surface area contributed by atoms with E-state index < -0.39 is 0 Å². The van der Waals surface area contributed by atoms with E-state index in [1.54, 1.807) is 0 Å². The number of aryl methyl sites for hydroxylation is 2. The first-order chi connectivity index (χ1) is 8.54. The Morgan fingerprint density at radius 2 is 1.94 bits per heavy atom. The number of nitrogens with two attached hydrogens (primary N) is 1. The Morgan fingerprint density at radius 3 is 2.61 bits per heavy atom. The molecular formula is C14H20N4. The normalized spacial score (nSPS) is 11.7. The number of nitrogens with zero attached hydrogens (tertiary/aromatic N) is 3. The van der Waals surface area contributed by atoms with Crippen LogP contribution in [0.1, 0.15) is 25.1 Å². The second-order valence-electron chi connectivity index (χ2n) is 5.35. The third-order valence-electron chi connectivity index (χ3n) is 2.83. The molecule has 4 heteroatoms. The smallest absolute Gasteiger partial charge is 0.0948 e. The highest BCUT2D eigenvalue weighted by molar-refractivity contribution is 5.10. The predicted molar refractivity (Wildman–Crippen MR) is 72.1 cm³/mol. The molecule has 96 valence electrons. The number of hydrogen-bond acceptors (Lipinski definition) is 3. The summed E-state index contributed by atoms with van der Waals surface area (Å²) < 4.78 is 2.18. The number of pyridine rings is 1. The highest BCUT2D eigenvalue weighted by Crippen LogP contribution is 2.10. The monoisotopic (exact) mass is 244 g/mol. The van der Waals surface area contributed by atoms with Gasteiger partial charge in [-0.3, -0.25) is 4.98 Å². The van der Waals surface area contributed by atoms with Crippen molar-refractivity contribution in [2.75, 3.05) is 0 Å². The Balaban J connectivity index is 2.00. The van der Waals surface area contributed by atoms with Crippen LogP contribution in [0.4, 0.5) is 0 Å². The Bertz CT molecular complexity index is 482. The Morgan fingerprint density at radius 1 is 1.22 bits per heavy atom. The zero-order chi connectivity index (χ0) is 13.0. The van der Waals surface area contributed by atoms with E-state index in [4.69, 9.17) is 5.73 Å². The third kappa shape index (κ3) is 3.67. The van der Waals surface area contributed by atoms with Crippen LogP contribution in [0.15, 0.2) is 37.1 Å². The molecule has 4 nitrogen and oxygen atoms in total. The first-order valence-electron chi connectivity index (χ1n) is 6.21. The molecule has 0 atom stereocenters. The molecule has 2 rings (SSSR count). The molecule has 0 saturated heterocycles. The van der Waals surface area contributed by atoms with Gasteiger partial charge in [0.1, 0.15) is 0 Å². The van der Waals surface area contributed by atoms with Crippen LogP contribution in [0, 0.1) is 0 Å². The number of aromatic nitrogens is 3. The lowest BCUT2D eigenvalue weighted by atomic mass is 10.0. The second kappa shape index (κ2) is 5.31. The van der Waals surface area contributed by atoms with Crippen LogP contribution in [0.2, 0.25) is 0 Å². The Kier molecular flexibility index (Phi) is 3.77. The Labute approximate surface area is 108 Å². The van der Waals surface area contributed by atoms with Gasteiger partial charge in [-0.25, -0.2) is 4.98 Å². The number of rotatable bonds is 5. The quantitative estimate of drug-likeness (QED) is 0.872. The zero-order valence-corrected chi connectivity index (χ0v) is 11.0. The van der Waals surface area contributed by atoms with Gasteiger partial charge >= 0.3 is 0 Å². The topological polar surface area (TPSA) is 56.7 Å². The van der Waals surface area contributed by atoms with Crippen molar-refractivity contribution in [3.8, 4) is 0 Å². The van der Waals surface area contributed by atoms with Gasteiger partial charge in [-0.05, 0) is 38.0 Å². The average molecular weight is 244 g/mol. The van der Waals surface area contributed by atoms with E-state index in [0.29, 0.717) is 0 Å². The van der Waals surface area contributed by atoms with Crippen LogP contribution in [-0.2, 0) is 19.4 Å². The largest absolute Gasteiger partial charge is 0.334 e. The van der Waals surface area contributed by atoms with Crippen molar-refractivity contribution >= 4 is 0 Å². The second-order valence-corrected chi connectivity index (χ2v) is 5.35. The molecule has 2 aromatic rings. The molecular weight excluding hydrogens is 224 g/mol. The predicted octanol–water partition coefficient (Wildman–Crippen LogP) is 1.80. The van der Waals surface area contributed by atoms with E-state index in [1.807, 2.05) is 50.9 Å². The lowest BCUT2D eigenvalue weighted by Gasteiger charge is -2.19. The summed E-state index contributed by atoms with van der Waals surface area (Å²) in [4.78, 5) is 8.23. The molecule has 0 aromatic carbocycles. The van der Waals surface area contributed by atoms with Crippen molar-refractivity contribution in [2.24, 2.45) is 5.73 Å². The standard InChI is InChI=1S/C14H20N4/c1-14(2,15)9-13-10-17-11-18(13)8-5-12-3-6-16-7-4-12/h3-4,6-7,10-11H,5,8-9,15H2,1-2H3. The van der Waals surface area contributed by atoms with Crippen molar-refractivity contribution in [2.45, 2.75) is 38.8 Å². The summed E-state index contributed by atoms with van der Waals surface area (Å²) in [6.45, 7) is 5.00. The molecule has 0 aliphatic heterocycles. The van der Waals surface area contributed by atoms with Gasteiger partial charge in [-0.2, -0.15) is 0 Å². The van der Waals surface area contributed by atoms with E-state index >= 15 is 0 Å². The molecule has 2 aromatic heterocycles. The van der Waals surface area contributed by atoms with Gasteiger partial charge < -0.3 is 10.3 Å². The highest BCUT2D eigenvalue weighted by atomic mass is 15.0. The van der Waals surface area contributed by atoms with Crippen LogP contribution < -0.4 is 5.73 Å².